The summed E-state index contributed by atoms with van der Waals surface area (Å²) in [6.45, 7) is 4.54. The van der Waals surface area contributed by atoms with Crippen molar-refractivity contribution in [1.82, 2.24) is 4.31 Å². The van der Waals surface area contributed by atoms with Gasteiger partial charge in [-0.05, 0) is 41.1 Å². The minimum absolute atomic E-state index is 0.144. The summed E-state index contributed by atoms with van der Waals surface area (Å²) in [6.07, 6.45) is 0. The van der Waals surface area contributed by atoms with Crippen molar-refractivity contribution in [3.63, 3.8) is 0 Å². The standard InChI is InChI=1S/C23H27N3O3S/c1-4-26(5-2)30(28,29)22-12-8-11-20(16-22)24-23(27)17-25(3)21-14-13-18-9-6-7-10-19(18)15-21/h6-16H,4-5,17H2,1-3H3,(H,24,27). The average molecular weight is 426 g/mol. The van der Waals surface area contributed by atoms with Crippen LogP contribution in [0.2, 0.25) is 0 Å². The molecule has 1 N–H and O–H groups in total. The maximum atomic E-state index is 12.7. The molecule has 0 heterocycles. The molecular weight excluding hydrogens is 398 g/mol. The molecule has 0 saturated carbocycles. The molecule has 0 aromatic heterocycles. The Kier molecular flexibility index (Phi) is 6.74. The Morgan fingerprint density at radius 2 is 1.60 bits per heavy atom. The van der Waals surface area contributed by atoms with Gasteiger partial charge in [0.25, 0.3) is 0 Å². The third-order valence-electron chi connectivity index (χ3n) is 5.02. The molecule has 7 heteroatoms. The molecule has 0 aliphatic rings. The van der Waals surface area contributed by atoms with E-state index in [0.717, 1.165) is 16.5 Å². The molecule has 3 aromatic carbocycles. The maximum absolute atomic E-state index is 12.7. The first-order chi connectivity index (χ1) is 14.3. The molecule has 0 aliphatic carbocycles. The molecule has 1 amide bonds. The van der Waals surface area contributed by atoms with Crippen LogP contribution in [0, 0.1) is 0 Å². The summed E-state index contributed by atoms with van der Waals surface area (Å²) in [5.74, 6) is -0.219. The Morgan fingerprint density at radius 3 is 2.30 bits per heavy atom. The third-order valence-corrected chi connectivity index (χ3v) is 7.06. The van der Waals surface area contributed by atoms with E-state index in [-0.39, 0.29) is 17.3 Å². The van der Waals surface area contributed by atoms with Gasteiger partial charge in [0.05, 0.1) is 11.4 Å². The maximum Gasteiger partial charge on any atom is 0.243 e. The highest BCUT2D eigenvalue weighted by Gasteiger charge is 2.22. The lowest BCUT2D eigenvalue weighted by Gasteiger charge is -2.20. The molecule has 3 aromatic rings. The summed E-state index contributed by atoms with van der Waals surface area (Å²) in [5, 5.41) is 5.06. The molecule has 3 rings (SSSR count). The number of benzene rings is 3. The van der Waals surface area contributed by atoms with Crippen LogP contribution in [0.1, 0.15) is 13.8 Å². The van der Waals surface area contributed by atoms with Gasteiger partial charge < -0.3 is 10.2 Å². The SMILES string of the molecule is CCN(CC)S(=O)(=O)c1cccc(NC(=O)CN(C)c2ccc3ccccc3c2)c1. The van der Waals surface area contributed by atoms with Crippen molar-refractivity contribution in [2.24, 2.45) is 0 Å². The van der Waals surface area contributed by atoms with E-state index >= 15 is 0 Å². The molecular formula is C23H27N3O3S. The number of likely N-dealkylation sites (N-methyl/N-ethyl adjacent to an activating group) is 1. The Hall–Kier alpha value is -2.90. The van der Waals surface area contributed by atoms with E-state index in [1.807, 2.05) is 54.4 Å². The van der Waals surface area contributed by atoms with Gasteiger partial charge in [-0.2, -0.15) is 4.31 Å². The van der Waals surface area contributed by atoms with Crippen LogP contribution in [-0.2, 0) is 14.8 Å². The van der Waals surface area contributed by atoms with Crippen molar-refractivity contribution in [3.8, 4) is 0 Å². The highest BCUT2D eigenvalue weighted by molar-refractivity contribution is 7.89. The Morgan fingerprint density at radius 1 is 0.900 bits per heavy atom. The van der Waals surface area contributed by atoms with E-state index in [1.165, 1.54) is 10.4 Å². The van der Waals surface area contributed by atoms with Gasteiger partial charge in [-0.3, -0.25) is 4.79 Å². The van der Waals surface area contributed by atoms with E-state index in [0.29, 0.717) is 18.8 Å². The molecule has 0 spiro atoms. The lowest BCUT2D eigenvalue weighted by atomic mass is 10.1. The highest BCUT2D eigenvalue weighted by Crippen LogP contribution is 2.22. The summed E-state index contributed by atoms with van der Waals surface area (Å²) < 4.78 is 26.8. The zero-order chi connectivity index (χ0) is 21.7. The first kappa shape index (κ1) is 21.8. The molecule has 0 aliphatic heterocycles. The van der Waals surface area contributed by atoms with Crippen LogP contribution < -0.4 is 10.2 Å². The second-order valence-corrected chi connectivity index (χ2v) is 8.99. The fourth-order valence-corrected chi connectivity index (χ4v) is 4.87. The lowest BCUT2D eigenvalue weighted by molar-refractivity contribution is -0.114. The number of nitrogens with one attached hydrogen (secondary N) is 1. The number of hydrogen-bond acceptors (Lipinski definition) is 4. The fraction of sp³-hybridized carbons (Fsp3) is 0.261. The molecule has 0 fully saturated rings. The van der Waals surface area contributed by atoms with Crippen LogP contribution in [0.25, 0.3) is 10.8 Å². The van der Waals surface area contributed by atoms with Gasteiger partial charge in [0.15, 0.2) is 0 Å². The van der Waals surface area contributed by atoms with E-state index < -0.39 is 10.0 Å². The number of amides is 1. The number of carbonyl (C=O) groups is 1. The monoisotopic (exact) mass is 425 g/mol. The third kappa shape index (κ3) is 4.80. The van der Waals surface area contributed by atoms with Crippen LogP contribution >= 0.6 is 0 Å². The number of sulfonamides is 1. The fourth-order valence-electron chi connectivity index (χ4n) is 3.37. The first-order valence-electron chi connectivity index (χ1n) is 9.95. The Balaban J connectivity index is 1.71. The predicted molar refractivity (Wildman–Crippen MR) is 122 cm³/mol. The topological polar surface area (TPSA) is 69.7 Å². The first-order valence-corrected chi connectivity index (χ1v) is 11.4. The zero-order valence-corrected chi connectivity index (χ0v) is 18.3. The summed E-state index contributed by atoms with van der Waals surface area (Å²) in [4.78, 5) is 14.6. The Bertz CT molecular complexity index is 1140. The van der Waals surface area contributed by atoms with Gasteiger partial charge in [0.1, 0.15) is 0 Å². The van der Waals surface area contributed by atoms with Gasteiger partial charge in [-0.1, -0.05) is 50.2 Å². The molecule has 6 nitrogen and oxygen atoms in total. The van der Waals surface area contributed by atoms with Crippen molar-refractivity contribution in [3.05, 3.63) is 66.7 Å². The molecule has 0 unspecified atom stereocenters. The van der Waals surface area contributed by atoms with Gasteiger partial charge >= 0.3 is 0 Å². The number of nitrogens with zero attached hydrogens (tertiary/aromatic N) is 2. The number of hydrogen-bond donors (Lipinski definition) is 1. The molecule has 0 bridgehead atoms. The largest absolute Gasteiger partial charge is 0.365 e. The van der Waals surface area contributed by atoms with Crippen LogP contribution in [-0.4, -0.2) is 45.3 Å². The minimum atomic E-state index is -3.57. The van der Waals surface area contributed by atoms with Crippen molar-refractivity contribution in [2.75, 3.05) is 36.9 Å². The molecule has 0 atom stereocenters. The molecule has 30 heavy (non-hydrogen) atoms. The minimum Gasteiger partial charge on any atom is -0.365 e. The van der Waals surface area contributed by atoms with E-state index in [1.54, 1.807) is 32.0 Å². The Labute approximate surface area is 178 Å². The van der Waals surface area contributed by atoms with Gasteiger partial charge in [-0.15, -0.1) is 0 Å². The summed E-state index contributed by atoms with van der Waals surface area (Å²) in [7, 11) is -1.72. The van der Waals surface area contributed by atoms with Crippen molar-refractivity contribution in [2.45, 2.75) is 18.7 Å². The quantitative estimate of drug-likeness (QED) is 0.593. The molecule has 158 valence electrons. The van der Waals surface area contributed by atoms with Crippen LogP contribution in [0.4, 0.5) is 11.4 Å². The average Bonchev–Trinajstić information content (AvgIpc) is 2.74. The van der Waals surface area contributed by atoms with Gasteiger partial charge in [0.2, 0.25) is 15.9 Å². The lowest BCUT2D eigenvalue weighted by Crippen LogP contribution is -2.31. The molecule has 0 radical (unpaired) electrons. The number of rotatable bonds is 8. The van der Waals surface area contributed by atoms with Crippen molar-refractivity contribution in [1.29, 1.82) is 0 Å². The van der Waals surface area contributed by atoms with Crippen LogP contribution in [0.15, 0.2) is 71.6 Å². The normalized spacial score (nSPS) is 11.6. The number of anilines is 2. The second kappa shape index (κ2) is 9.28. The predicted octanol–water partition coefficient (Wildman–Crippen LogP) is 3.95. The number of fused-ring (bicyclic) bond motifs is 1. The number of carbonyl (C=O) groups excluding carboxylic acids is 1. The molecule has 0 saturated heterocycles. The van der Waals surface area contributed by atoms with E-state index in [2.05, 4.69) is 5.32 Å². The van der Waals surface area contributed by atoms with Gasteiger partial charge in [0, 0.05) is 31.5 Å². The van der Waals surface area contributed by atoms with Crippen LogP contribution in [0.3, 0.4) is 0 Å². The summed E-state index contributed by atoms with van der Waals surface area (Å²) >= 11 is 0. The van der Waals surface area contributed by atoms with Crippen LogP contribution in [0.5, 0.6) is 0 Å². The smallest absolute Gasteiger partial charge is 0.243 e. The summed E-state index contributed by atoms with van der Waals surface area (Å²) in [6, 6.07) is 20.5. The summed E-state index contributed by atoms with van der Waals surface area (Å²) in [5.41, 5.74) is 1.39. The van der Waals surface area contributed by atoms with E-state index in [9.17, 15) is 13.2 Å². The van der Waals surface area contributed by atoms with E-state index in [4.69, 9.17) is 0 Å². The van der Waals surface area contributed by atoms with Gasteiger partial charge in [-0.25, -0.2) is 8.42 Å². The highest BCUT2D eigenvalue weighted by atomic mass is 32.2. The van der Waals surface area contributed by atoms with Crippen molar-refractivity contribution < 1.29 is 13.2 Å². The second-order valence-electron chi connectivity index (χ2n) is 7.05. The van der Waals surface area contributed by atoms with Crippen molar-refractivity contribution >= 4 is 38.1 Å². The zero-order valence-electron chi connectivity index (χ0n) is 17.5.